The first-order valence-corrected chi connectivity index (χ1v) is 3.81. The lowest BCUT2D eigenvalue weighted by molar-refractivity contribution is 0.932. The maximum atomic E-state index is 5.03. The third kappa shape index (κ3) is 106. The third-order valence-electron chi connectivity index (χ3n) is 0.577. The number of hydrogen-bond acceptors (Lipinski definition) is 3. The van der Waals surface area contributed by atoms with Gasteiger partial charge in [-0.05, 0) is 33.0 Å². The highest BCUT2D eigenvalue weighted by molar-refractivity contribution is 4.19. The van der Waals surface area contributed by atoms with Gasteiger partial charge in [0, 0.05) is 0 Å². The lowest BCUT2D eigenvalue weighted by Gasteiger charge is -1.70. The van der Waals surface area contributed by atoms with Gasteiger partial charge >= 0.3 is 0 Å². The smallest absolute Gasteiger partial charge is 0.00799 e. The highest BCUT2D eigenvalue weighted by Crippen LogP contribution is 1.57. The summed E-state index contributed by atoms with van der Waals surface area (Å²) >= 11 is 0. The Morgan fingerprint density at radius 1 is 0.800 bits per heavy atom. The van der Waals surface area contributed by atoms with Crippen LogP contribution in [0, 0.1) is 0 Å². The lowest BCUT2D eigenvalue weighted by atomic mass is 10.5. The zero-order valence-electron chi connectivity index (χ0n) is 7.56. The van der Waals surface area contributed by atoms with Gasteiger partial charge in [-0.2, -0.15) is 0 Å². The molecule has 0 radical (unpaired) electrons. The number of hydrogen-bond donors (Lipinski definition) is 3. The topological polar surface area (TPSA) is 78.1 Å². The summed E-state index contributed by atoms with van der Waals surface area (Å²) in [4.78, 5) is 0. The van der Waals surface area contributed by atoms with Crippen molar-refractivity contribution in [2.24, 2.45) is 17.2 Å². The Balaban J connectivity index is -0.0000000787. The molecule has 3 nitrogen and oxygen atoms in total. The fraction of sp³-hybridized carbons (Fsp3) is 1.00. The SMILES string of the molecule is CCCN.CCCN.CN. The first-order chi connectivity index (χ1) is 4.83. The van der Waals surface area contributed by atoms with E-state index in [2.05, 4.69) is 19.6 Å². The van der Waals surface area contributed by atoms with Gasteiger partial charge in [-0.25, -0.2) is 0 Å². The van der Waals surface area contributed by atoms with Gasteiger partial charge in [0.1, 0.15) is 0 Å². The normalized spacial score (nSPS) is 6.60. The average molecular weight is 149 g/mol. The summed E-state index contributed by atoms with van der Waals surface area (Å²) in [6.07, 6.45) is 2.19. The summed E-state index contributed by atoms with van der Waals surface area (Å²) in [5.74, 6) is 0. The summed E-state index contributed by atoms with van der Waals surface area (Å²) in [5.41, 5.74) is 14.6. The Morgan fingerprint density at radius 2 is 0.900 bits per heavy atom. The van der Waals surface area contributed by atoms with Crippen molar-refractivity contribution in [3.05, 3.63) is 0 Å². The molecule has 0 aliphatic heterocycles. The van der Waals surface area contributed by atoms with Crippen molar-refractivity contribution < 1.29 is 0 Å². The molecule has 0 aromatic rings. The molecule has 0 atom stereocenters. The van der Waals surface area contributed by atoms with Crippen LogP contribution in [-0.4, -0.2) is 20.1 Å². The standard InChI is InChI=1S/2C3H9N.CH5N/c2*1-2-3-4;1-2/h2*2-4H2,1H3;2H2,1H3. The summed E-state index contributed by atoms with van der Waals surface area (Å²) in [7, 11) is 1.50. The van der Waals surface area contributed by atoms with Crippen LogP contribution in [0.15, 0.2) is 0 Å². The van der Waals surface area contributed by atoms with E-state index in [9.17, 15) is 0 Å². The summed E-state index contributed by atoms with van der Waals surface area (Å²) < 4.78 is 0. The van der Waals surface area contributed by atoms with Crippen LogP contribution in [0.5, 0.6) is 0 Å². The van der Waals surface area contributed by atoms with Gasteiger partial charge in [0.2, 0.25) is 0 Å². The molecule has 0 aromatic carbocycles. The van der Waals surface area contributed by atoms with Gasteiger partial charge in [-0.1, -0.05) is 13.8 Å². The zero-order valence-corrected chi connectivity index (χ0v) is 7.56. The molecule has 0 rings (SSSR count). The van der Waals surface area contributed by atoms with E-state index >= 15 is 0 Å². The van der Waals surface area contributed by atoms with E-state index in [0.717, 1.165) is 25.9 Å². The predicted molar refractivity (Wildman–Crippen MR) is 48.8 cm³/mol. The van der Waals surface area contributed by atoms with Crippen LogP contribution in [0.2, 0.25) is 0 Å². The molecule has 6 N–H and O–H groups in total. The monoisotopic (exact) mass is 149 g/mol. The minimum absolute atomic E-state index is 0.819. The number of nitrogens with two attached hydrogens (primary N) is 3. The van der Waals surface area contributed by atoms with E-state index in [1.54, 1.807) is 0 Å². The molecular weight excluding hydrogens is 126 g/mol. The van der Waals surface area contributed by atoms with Crippen LogP contribution in [0.25, 0.3) is 0 Å². The van der Waals surface area contributed by atoms with Crippen molar-refractivity contribution in [1.29, 1.82) is 0 Å². The highest BCUT2D eigenvalue weighted by Gasteiger charge is 1.55. The van der Waals surface area contributed by atoms with Crippen LogP contribution in [0.3, 0.4) is 0 Å². The summed E-state index contributed by atoms with van der Waals surface area (Å²) in [5, 5.41) is 0. The van der Waals surface area contributed by atoms with Crippen molar-refractivity contribution in [3.8, 4) is 0 Å². The molecule has 0 unspecified atom stereocenters. The van der Waals surface area contributed by atoms with Gasteiger partial charge in [-0.3, -0.25) is 0 Å². The molecule has 0 aliphatic rings. The lowest BCUT2D eigenvalue weighted by Crippen LogP contribution is -1.93. The molecule has 0 saturated carbocycles. The van der Waals surface area contributed by atoms with Crippen LogP contribution in [-0.2, 0) is 0 Å². The summed E-state index contributed by atoms with van der Waals surface area (Å²) in [6.45, 7) is 5.75. The Kier molecular flexibility index (Phi) is 60.3. The molecule has 0 amide bonds. The number of rotatable bonds is 2. The van der Waals surface area contributed by atoms with E-state index in [1.807, 2.05) is 0 Å². The minimum Gasteiger partial charge on any atom is -0.333 e. The van der Waals surface area contributed by atoms with Crippen molar-refractivity contribution in [2.45, 2.75) is 26.7 Å². The van der Waals surface area contributed by atoms with Gasteiger partial charge in [0.25, 0.3) is 0 Å². The minimum atomic E-state index is 0.819. The van der Waals surface area contributed by atoms with Crippen molar-refractivity contribution in [3.63, 3.8) is 0 Å². The molecule has 66 valence electrons. The fourth-order valence-electron chi connectivity index (χ4n) is 0. The molecular formula is C7H23N3. The van der Waals surface area contributed by atoms with Gasteiger partial charge in [0.15, 0.2) is 0 Å². The zero-order chi connectivity index (χ0) is 8.83. The van der Waals surface area contributed by atoms with Crippen LogP contribution in [0.4, 0.5) is 0 Å². The van der Waals surface area contributed by atoms with Crippen LogP contribution < -0.4 is 17.2 Å². The van der Waals surface area contributed by atoms with E-state index in [-0.39, 0.29) is 0 Å². The molecule has 0 heterocycles. The van der Waals surface area contributed by atoms with Gasteiger partial charge in [-0.15, -0.1) is 0 Å². The fourth-order valence-corrected chi connectivity index (χ4v) is 0. The third-order valence-corrected chi connectivity index (χ3v) is 0.577. The van der Waals surface area contributed by atoms with Crippen molar-refractivity contribution >= 4 is 0 Å². The molecule has 3 heteroatoms. The molecule has 0 aliphatic carbocycles. The summed E-state index contributed by atoms with van der Waals surface area (Å²) in [6, 6.07) is 0. The van der Waals surface area contributed by atoms with Crippen LogP contribution in [0.1, 0.15) is 26.7 Å². The first kappa shape index (κ1) is 16.5. The van der Waals surface area contributed by atoms with E-state index in [1.165, 1.54) is 7.05 Å². The van der Waals surface area contributed by atoms with E-state index < -0.39 is 0 Å². The quantitative estimate of drug-likeness (QED) is 0.528. The second kappa shape index (κ2) is 36.6. The van der Waals surface area contributed by atoms with Crippen molar-refractivity contribution in [2.75, 3.05) is 20.1 Å². The maximum Gasteiger partial charge on any atom is -0.00799 e. The Morgan fingerprint density at radius 3 is 0.900 bits per heavy atom. The van der Waals surface area contributed by atoms with Crippen LogP contribution >= 0.6 is 0 Å². The molecule has 0 saturated heterocycles. The van der Waals surface area contributed by atoms with Crippen molar-refractivity contribution in [1.82, 2.24) is 0 Å². The Bertz CT molecular complexity index is 16.8. The average Bonchev–Trinajstić information content (AvgIpc) is 2.08. The van der Waals surface area contributed by atoms with Gasteiger partial charge < -0.3 is 17.2 Å². The predicted octanol–water partition coefficient (Wildman–Crippen LogP) is 0.285. The Labute approximate surface area is 65.0 Å². The molecule has 0 fully saturated rings. The first-order valence-electron chi connectivity index (χ1n) is 3.81. The molecule has 0 aromatic heterocycles. The second-order valence-corrected chi connectivity index (χ2v) is 1.58. The van der Waals surface area contributed by atoms with E-state index in [4.69, 9.17) is 11.5 Å². The second-order valence-electron chi connectivity index (χ2n) is 1.58. The molecule has 0 bridgehead atoms. The molecule has 0 spiro atoms. The largest absolute Gasteiger partial charge is 0.333 e. The van der Waals surface area contributed by atoms with E-state index in [0.29, 0.717) is 0 Å². The highest BCUT2D eigenvalue weighted by atomic mass is 14.5. The maximum absolute atomic E-state index is 5.03. The Hall–Kier alpha value is -0.120. The van der Waals surface area contributed by atoms with Gasteiger partial charge in [0.05, 0.1) is 0 Å². The molecule has 10 heavy (non-hydrogen) atoms.